The van der Waals surface area contributed by atoms with Gasteiger partial charge >= 0.3 is 0 Å². The number of carbonyl (C=O) groups is 1. The molecule has 0 fully saturated rings. The van der Waals surface area contributed by atoms with E-state index in [4.69, 9.17) is 5.73 Å². The summed E-state index contributed by atoms with van der Waals surface area (Å²) in [5.74, 6) is -0.606. The Balaban J connectivity index is 2.73. The molecule has 0 aromatic heterocycles. The van der Waals surface area contributed by atoms with Crippen LogP contribution in [-0.4, -0.2) is 17.9 Å². The minimum absolute atomic E-state index is 0.150. The highest BCUT2D eigenvalue weighted by Crippen LogP contribution is 2.26. The van der Waals surface area contributed by atoms with E-state index in [1.807, 2.05) is 0 Å². The summed E-state index contributed by atoms with van der Waals surface area (Å²) in [6.45, 7) is 0. The normalized spacial score (nSPS) is 18.0. The summed E-state index contributed by atoms with van der Waals surface area (Å²) in [6.07, 6.45) is 1.27. The van der Waals surface area contributed by atoms with Gasteiger partial charge < -0.3 is 5.73 Å². The van der Waals surface area contributed by atoms with Crippen LogP contribution in [0.3, 0.4) is 0 Å². The highest BCUT2D eigenvalue weighted by molar-refractivity contribution is 5.75. The van der Waals surface area contributed by atoms with Gasteiger partial charge in [0.25, 0.3) is 0 Å². The summed E-state index contributed by atoms with van der Waals surface area (Å²) in [4.78, 5) is 20.6. The fourth-order valence-corrected chi connectivity index (χ4v) is 0.825. The summed E-state index contributed by atoms with van der Waals surface area (Å²) < 4.78 is 0. The third-order valence-corrected chi connectivity index (χ3v) is 1.31. The zero-order chi connectivity index (χ0) is 9.03. The Morgan fingerprint density at radius 2 is 2.00 bits per heavy atom. The number of nitrogens with two attached hydrogens (primary N) is 1. The van der Waals surface area contributed by atoms with Gasteiger partial charge in [0.15, 0.2) is 0 Å². The second-order valence-electron chi connectivity index (χ2n) is 2.33. The maximum absolute atomic E-state index is 10.5. The van der Waals surface area contributed by atoms with Crippen LogP contribution < -0.4 is 5.73 Å². The Hall–Kier alpha value is -1.66. The molecular weight excluding hydrogens is 162 g/mol. The molecular formula is C5H6N5O2. The average molecular weight is 168 g/mol. The Labute approximate surface area is 67.7 Å². The molecule has 1 heterocycles. The lowest BCUT2D eigenvalue weighted by Gasteiger charge is -2.12. The molecule has 0 aliphatic carbocycles. The van der Waals surface area contributed by atoms with Crippen molar-refractivity contribution in [3.8, 4) is 0 Å². The van der Waals surface area contributed by atoms with Crippen molar-refractivity contribution in [3.05, 3.63) is 0 Å². The van der Waals surface area contributed by atoms with Crippen LogP contribution in [0.4, 0.5) is 0 Å². The number of nitrogens with zero attached hydrogens (tertiary/aromatic N) is 4. The Bertz CT molecular complexity index is 247. The molecule has 0 aromatic rings. The quantitative estimate of drug-likeness (QED) is 0.631. The SMILES string of the molecule is NC(=O)CC1(C[C]=O)N=NN=N1. The Morgan fingerprint density at radius 1 is 1.42 bits per heavy atom. The Morgan fingerprint density at radius 3 is 2.42 bits per heavy atom. The molecule has 7 heteroatoms. The van der Waals surface area contributed by atoms with Crippen molar-refractivity contribution in [2.45, 2.75) is 18.5 Å². The molecule has 0 bridgehead atoms. The molecule has 1 amide bonds. The van der Waals surface area contributed by atoms with Gasteiger partial charge in [0.05, 0.1) is 12.8 Å². The first-order valence-electron chi connectivity index (χ1n) is 3.16. The standard InChI is InChI=1S/C5H6N5O2/c6-4(12)3-5(1-2-11)7-9-10-8-5/h1,3H2,(H2,6,12). The molecule has 0 saturated heterocycles. The third kappa shape index (κ3) is 1.68. The molecule has 7 nitrogen and oxygen atoms in total. The van der Waals surface area contributed by atoms with E-state index in [2.05, 4.69) is 20.7 Å². The maximum atomic E-state index is 10.5. The fourth-order valence-electron chi connectivity index (χ4n) is 0.825. The summed E-state index contributed by atoms with van der Waals surface area (Å²) in [7, 11) is 0. The van der Waals surface area contributed by atoms with Gasteiger partial charge in [0.1, 0.15) is 0 Å². The molecule has 0 aromatic carbocycles. The van der Waals surface area contributed by atoms with Crippen LogP contribution in [0.25, 0.3) is 0 Å². The second-order valence-corrected chi connectivity index (χ2v) is 2.33. The molecule has 1 radical (unpaired) electrons. The third-order valence-electron chi connectivity index (χ3n) is 1.31. The van der Waals surface area contributed by atoms with E-state index in [0.717, 1.165) is 0 Å². The van der Waals surface area contributed by atoms with Crippen molar-refractivity contribution in [2.24, 2.45) is 26.4 Å². The van der Waals surface area contributed by atoms with Crippen LogP contribution in [0, 0.1) is 0 Å². The van der Waals surface area contributed by atoms with Gasteiger partial charge in [0.2, 0.25) is 17.9 Å². The smallest absolute Gasteiger partial charge is 0.222 e. The van der Waals surface area contributed by atoms with E-state index in [-0.39, 0.29) is 12.8 Å². The summed E-state index contributed by atoms with van der Waals surface area (Å²) >= 11 is 0. The lowest BCUT2D eigenvalue weighted by atomic mass is 10.1. The number of rotatable bonds is 4. The Kier molecular flexibility index (Phi) is 2.22. The number of amides is 1. The maximum Gasteiger partial charge on any atom is 0.222 e. The second kappa shape index (κ2) is 3.16. The van der Waals surface area contributed by atoms with E-state index in [1.54, 1.807) is 6.29 Å². The van der Waals surface area contributed by atoms with E-state index in [1.165, 1.54) is 0 Å². The molecule has 0 atom stereocenters. The minimum atomic E-state index is -1.21. The first-order valence-corrected chi connectivity index (χ1v) is 3.16. The largest absolute Gasteiger partial charge is 0.370 e. The predicted molar refractivity (Wildman–Crippen MR) is 36.6 cm³/mol. The van der Waals surface area contributed by atoms with Gasteiger partial charge in [-0.3, -0.25) is 9.59 Å². The van der Waals surface area contributed by atoms with Gasteiger partial charge in [-0.15, -0.1) is 10.2 Å². The van der Waals surface area contributed by atoms with E-state index < -0.39 is 11.6 Å². The van der Waals surface area contributed by atoms with E-state index in [9.17, 15) is 9.59 Å². The van der Waals surface area contributed by atoms with Gasteiger partial charge in [-0.1, -0.05) is 0 Å². The monoisotopic (exact) mass is 168 g/mol. The van der Waals surface area contributed by atoms with Crippen LogP contribution in [0.5, 0.6) is 0 Å². The molecule has 1 aliphatic heterocycles. The molecule has 12 heavy (non-hydrogen) atoms. The molecule has 0 unspecified atom stereocenters. The van der Waals surface area contributed by atoms with Crippen molar-refractivity contribution < 1.29 is 9.59 Å². The number of carbonyl (C=O) groups excluding carboxylic acids is 2. The first-order chi connectivity index (χ1) is 5.68. The molecule has 1 aliphatic rings. The topological polar surface area (TPSA) is 110 Å². The van der Waals surface area contributed by atoms with E-state index in [0.29, 0.717) is 0 Å². The summed E-state index contributed by atoms with van der Waals surface area (Å²) in [6, 6.07) is 0. The molecule has 2 N–H and O–H groups in total. The van der Waals surface area contributed by atoms with Crippen LogP contribution in [0.1, 0.15) is 12.8 Å². The molecule has 0 saturated carbocycles. The zero-order valence-corrected chi connectivity index (χ0v) is 6.10. The van der Waals surface area contributed by atoms with Crippen molar-refractivity contribution in [3.63, 3.8) is 0 Å². The van der Waals surface area contributed by atoms with Crippen molar-refractivity contribution in [1.29, 1.82) is 0 Å². The molecule has 63 valence electrons. The molecule has 0 spiro atoms. The van der Waals surface area contributed by atoms with Crippen LogP contribution >= 0.6 is 0 Å². The predicted octanol–water partition coefficient (Wildman–Crippen LogP) is -0.109. The van der Waals surface area contributed by atoms with Crippen molar-refractivity contribution in [2.75, 3.05) is 0 Å². The fraction of sp³-hybridized carbons (Fsp3) is 0.600. The first kappa shape index (κ1) is 8.44. The highest BCUT2D eigenvalue weighted by atomic mass is 16.1. The van der Waals surface area contributed by atoms with Crippen LogP contribution in [0.15, 0.2) is 20.7 Å². The molecule has 1 rings (SSSR count). The summed E-state index contributed by atoms with van der Waals surface area (Å²) in [5, 5.41) is 13.5. The number of hydrogen-bond donors (Lipinski definition) is 1. The number of hydrogen-bond acceptors (Lipinski definition) is 6. The summed E-state index contributed by atoms with van der Waals surface area (Å²) in [5.41, 5.74) is 3.70. The van der Waals surface area contributed by atoms with Gasteiger partial charge in [0, 0.05) is 0 Å². The number of primary amides is 1. The van der Waals surface area contributed by atoms with Crippen LogP contribution in [-0.2, 0) is 9.59 Å². The van der Waals surface area contributed by atoms with Crippen molar-refractivity contribution in [1.82, 2.24) is 0 Å². The minimum Gasteiger partial charge on any atom is -0.370 e. The van der Waals surface area contributed by atoms with Gasteiger partial charge in [-0.05, 0) is 10.4 Å². The van der Waals surface area contributed by atoms with Crippen molar-refractivity contribution >= 4 is 12.2 Å². The lowest BCUT2D eigenvalue weighted by Crippen LogP contribution is -2.29. The van der Waals surface area contributed by atoms with E-state index >= 15 is 0 Å². The average Bonchev–Trinajstić information content (AvgIpc) is 2.36. The highest BCUT2D eigenvalue weighted by Gasteiger charge is 2.35. The lowest BCUT2D eigenvalue weighted by molar-refractivity contribution is -0.119. The van der Waals surface area contributed by atoms with Crippen LogP contribution in [0.2, 0.25) is 0 Å². The van der Waals surface area contributed by atoms with Gasteiger partial charge in [-0.25, -0.2) is 0 Å². The van der Waals surface area contributed by atoms with Gasteiger partial charge in [-0.2, -0.15) is 0 Å². The zero-order valence-electron chi connectivity index (χ0n) is 6.10.